The zero-order valence-corrected chi connectivity index (χ0v) is 33.5. The van der Waals surface area contributed by atoms with Crippen LogP contribution in [-0.2, 0) is 15.9 Å². The van der Waals surface area contributed by atoms with Crippen LogP contribution in [0.15, 0.2) is 59.9 Å². The highest BCUT2D eigenvalue weighted by molar-refractivity contribution is 7.13. The van der Waals surface area contributed by atoms with Gasteiger partial charge in [0.25, 0.3) is 0 Å². The van der Waals surface area contributed by atoms with Gasteiger partial charge in [-0.2, -0.15) is 0 Å². The molecule has 1 saturated carbocycles. The van der Waals surface area contributed by atoms with E-state index >= 15 is 0 Å². The highest BCUT2D eigenvalue weighted by atomic mass is 32.1. The van der Waals surface area contributed by atoms with Crippen LogP contribution in [0.1, 0.15) is 105 Å². The van der Waals surface area contributed by atoms with Gasteiger partial charge in [-0.05, 0) is 99.0 Å². The van der Waals surface area contributed by atoms with Gasteiger partial charge in [-0.1, -0.05) is 42.0 Å². The van der Waals surface area contributed by atoms with E-state index in [0.717, 1.165) is 59.4 Å². The highest BCUT2D eigenvalue weighted by Gasteiger charge is 2.33. The monoisotopic (exact) mass is 743 g/mol. The van der Waals surface area contributed by atoms with Crippen molar-refractivity contribution in [1.82, 2.24) is 29.3 Å². The van der Waals surface area contributed by atoms with Crippen molar-refractivity contribution in [3.8, 4) is 10.6 Å². The molecular formula is C41H57N7O4S. The second kappa shape index (κ2) is 17.1. The van der Waals surface area contributed by atoms with Gasteiger partial charge >= 0.3 is 12.2 Å². The first kappa shape index (κ1) is 39.8. The molecule has 3 heterocycles. The van der Waals surface area contributed by atoms with Gasteiger partial charge in [0.2, 0.25) is 0 Å². The van der Waals surface area contributed by atoms with E-state index < -0.39 is 11.2 Å². The Morgan fingerprint density at radius 2 is 1.66 bits per heavy atom. The summed E-state index contributed by atoms with van der Waals surface area (Å²) in [5.41, 5.74) is 10.5. The van der Waals surface area contributed by atoms with Crippen LogP contribution < -0.4 is 5.73 Å². The normalized spacial score (nSPS) is 16.6. The molecule has 2 atom stereocenters. The Balaban J connectivity index is 1.30. The molecule has 11 nitrogen and oxygen atoms in total. The molecule has 2 amide bonds. The van der Waals surface area contributed by atoms with Crippen molar-refractivity contribution in [2.24, 2.45) is 5.92 Å². The van der Waals surface area contributed by atoms with Crippen LogP contribution in [0.25, 0.3) is 21.6 Å². The van der Waals surface area contributed by atoms with Crippen molar-refractivity contribution in [2.45, 2.75) is 111 Å². The van der Waals surface area contributed by atoms with E-state index in [4.69, 9.17) is 25.2 Å². The fourth-order valence-electron chi connectivity index (χ4n) is 6.76. The number of nitrogens with zero attached hydrogens (tertiary/aromatic N) is 6. The second-order valence-electron chi connectivity index (χ2n) is 16.2. The molecule has 0 bridgehead atoms. The van der Waals surface area contributed by atoms with Gasteiger partial charge in [0.05, 0.1) is 11.1 Å². The topological polar surface area (TPSA) is 129 Å². The Bertz CT molecular complexity index is 1870. The van der Waals surface area contributed by atoms with Crippen molar-refractivity contribution in [3.63, 3.8) is 0 Å². The van der Waals surface area contributed by atoms with Gasteiger partial charge in [0, 0.05) is 55.8 Å². The van der Waals surface area contributed by atoms with Crippen molar-refractivity contribution < 1.29 is 19.1 Å². The first-order valence-electron chi connectivity index (χ1n) is 18.8. The number of aromatic nitrogens is 4. The minimum atomic E-state index is -0.628. The third kappa shape index (κ3) is 11.0. The molecule has 5 rings (SSSR count). The molecule has 3 aromatic heterocycles. The number of nitrogens with two attached hydrogens (primary N) is 1. The number of ether oxygens (including phenoxy) is 2. The lowest BCUT2D eigenvalue weighted by Gasteiger charge is -2.31. The van der Waals surface area contributed by atoms with Crippen LogP contribution in [0.4, 0.5) is 15.4 Å². The van der Waals surface area contributed by atoms with E-state index in [1.807, 2.05) is 71.6 Å². The summed E-state index contributed by atoms with van der Waals surface area (Å²) in [6.45, 7) is 17.4. The summed E-state index contributed by atoms with van der Waals surface area (Å²) in [6, 6.07) is 10.5. The largest absolute Gasteiger partial charge is 0.444 e. The van der Waals surface area contributed by atoms with Crippen molar-refractivity contribution >= 4 is 40.4 Å². The molecule has 0 unspecified atom stereocenters. The molecule has 1 aromatic carbocycles. The van der Waals surface area contributed by atoms with Crippen LogP contribution in [0.2, 0.25) is 0 Å². The lowest BCUT2D eigenvalue weighted by Crippen LogP contribution is -2.42. The number of rotatable bonds is 13. The minimum Gasteiger partial charge on any atom is -0.444 e. The summed E-state index contributed by atoms with van der Waals surface area (Å²) in [4.78, 5) is 44.4. The minimum absolute atomic E-state index is 0.173. The third-order valence-electron chi connectivity index (χ3n) is 9.46. The molecule has 1 aliphatic carbocycles. The third-order valence-corrected chi connectivity index (χ3v) is 10.4. The summed E-state index contributed by atoms with van der Waals surface area (Å²) in [5, 5.41) is 3.83. The van der Waals surface area contributed by atoms with Crippen LogP contribution in [0, 0.1) is 5.92 Å². The molecule has 0 radical (unpaired) electrons. The quantitative estimate of drug-likeness (QED) is 0.134. The molecule has 12 heteroatoms. The highest BCUT2D eigenvalue weighted by Crippen LogP contribution is 2.41. The molecule has 286 valence electrons. The first-order chi connectivity index (χ1) is 25.1. The second-order valence-corrected chi connectivity index (χ2v) is 17.0. The zero-order chi connectivity index (χ0) is 38.3. The Morgan fingerprint density at radius 3 is 2.34 bits per heavy atom. The van der Waals surface area contributed by atoms with Crippen LogP contribution in [0.3, 0.4) is 0 Å². The number of hydrogen-bond donors (Lipinski definition) is 1. The standard InChI is InChI=1S/C41H57N7O4S/c1-9-28(2)18-21-46(38(49)51-40(3,4)5)19-13-20-47(39(50)52-41(6,7)8)24-30-16-17-32(23-30)48-25-33(34-35(42)43-27-44-36(34)48)37-45-31(26-53-37)22-29-14-11-10-12-15-29/h9-12,14-15,25-27,30,32H,13,16-24H2,1-8H3,(H2,42,43,44)/b28-9+/t30-,32+/m1/s1. The van der Waals surface area contributed by atoms with Crippen LogP contribution in [-0.4, -0.2) is 78.9 Å². The maximum Gasteiger partial charge on any atom is 0.410 e. The predicted octanol–water partition coefficient (Wildman–Crippen LogP) is 9.29. The fourth-order valence-corrected chi connectivity index (χ4v) is 7.59. The molecule has 1 aliphatic rings. The molecule has 0 spiro atoms. The number of carbonyl (C=O) groups is 2. The maximum absolute atomic E-state index is 13.6. The summed E-state index contributed by atoms with van der Waals surface area (Å²) < 4.78 is 13.9. The smallest absolute Gasteiger partial charge is 0.410 e. The van der Waals surface area contributed by atoms with Crippen LogP contribution >= 0.6 is 11.3 Å². The number of carbonyl (C=O) groups excluding carboxylic acids is 2. The zero-order valence-electron chi connectivity index (χ0n) is 32.7. The first-order valence-corrected chi connectivity index (χ1v) is 19.7. The Hall–Kier alpha value is -4.45. The van der Waals surface area contributed by atoms with Gasteiger partial charge in [0.1, 0.15) is 34.0 Å². The van der Waals surface area contributed by atoms with Crippen LogP contribution in [0.5, 0.6) is 0 Å². The van der Waals surface area contributed by atoms with Gasteiger partial charge in [-0.3, -0.25) is 0 Å². The maximum atomic E-state index is 13.6. The fraction of sp³-hybridized carbons (Fsp3) is 0.537. The molecule has 2 N–H and O–H groups in total. The molecule has 0 aliphatic heterocycles. The molecule has 4 aromatic rings. The molecule has 53 heavy (non-hydrogen) atoms. The van der Waals surface area contributed by atoms with Crippen molar-refractivity contribution in [3.05, 3.63) is 71.1 Å². The predicted molar refractivity (Wildman–Crippen MR) is 213 cm³/mol. The molecular weight excluding hydrogens is 687 g/mol. The number of hydrogen-bond acceptors (Lipinski definition) is 9. The number of benzene rings is 1. The van der Waals surface area contributed by atoms with E-state index in [1.165, 1.54) is 17.5 Å². The lowest BCUT2D eigenvalue weighted by molar-refractivity contribution is 0.0186. The SMILES string of the molecule is C/C=C(\C)CCN(CCCN(C[C@@H]1CC[C@H](n2cc(-c3nc(Cc4ccccc4)cs3)c3c(N)ncnc32)C1)C(=O)OC(C)(C)C)C(=O)OC(C)(C)C. The van der Waals surface area contributed by atoms with Gasteiger partial charge in [-0.25, -0.2) is 24.5 Å². The van der Waals surface area contributed by atoms with E-state index in [2.05, 4.69) is 46.3 Å². The number of thiazole rings is 1. The Kier molecular flexibility index (Phi) is 12.8. The Labute approximate surface area is 318 Å². The summed E-state index contributed by atoms with van der Waals surface area (Å²) in [6.07, 6.45) is 9.94. The number of fused-ring (bicyclic) bond motifs is 1. The average molecular weight is 744 g/mol. The van der Waals surface area contributed by atoms with E-state index in [1.54, 1.807) is 16.2 Å². The van der Waals surface area contributed by atoms with Crippen molar-refractivity contribution in [1.29, 1.82) is 0 Å². The molecule has 1 fully saturated rings. The summed E-state index contributed by atoms with van der Waals surface area (Å²) in [7, 11) is 0. The number of allylic oxidation sites excluding steroid dienone is 1. The average Bonchev–Trinajstić information content (AvgIpc) is 3.83. The van der Waals surface area contributed by atoms with E-state index in [-0.39, 0.29) is 24.1 Å². The summed E-state index contributed by atoms with van der Waals surface area (Å²) in [5.74, 6) is 0.694. The Morgan fingerprint density at radius 1 is 0.981 bits per heavy atom. The number of anilines is 1. The number of amides is 2. The van der Waals surface area contributed by atoms with E-state index in [0.29, 0.717) is 38.4 Å². The summed E-state index contributed by atoms with van der Waals surface area (Å²) >= 11 is 1.61. The van der Waals surface area contributed by atoms with E-state index in [9.17, 15) is 9.59 Å². The van der Waals surface area contributed by atoms with Gasteiger partial charge < -0.3 is 29.6 Å². The lowest BCUT2D eigenvalue weighted by atomic mass is 10.1. The van der Waals surface area contributed by atoms with Gasteiger partial charge in [-0.15, -0.1) is 11.3 Å². The van der Waals surface area contributed by atoms with Gasteiger partial charge in [0.15, 0.2) is 0 Å². The molecule has 0 saturated heterocycles. The van der Waals surface area contributed by atoms with Crippen molar-refractivity contribution in [2.75, 3.05) is 31.9 Å². The number of nitrogen functional groups attached to an aromatic ring is 1.